The van der Waals surface area contributed by atoms with Crippen LogP contribution < -0.4 is 10.6 Å². The van der Waals surface area contributed by atoms with Crippen molar-refractivity contribution in [3.05, 3.63) is 72.3 Å². The van der Waals surface area contributed by atoms with Gasteiger partial charge in [-0.3, -0.25) is 4.79 Å². The maximum Gasteiger partial charge on any atom is 0.251 e. The third-order valence-corrected chi connectivity index (χ3v) is 4.17. The smallest absolute Gasteiger partial charge is 0.251 e. The summed E-state index contributed by atoms with van der Waals surface area (Å²) in [4.78, 5) is 20.7. The van der Waals surface area contributed by atoms with Crippen LogP contribution in [0.4, 0.5) is 15.9 Å². The fourth-order valence-corrected chi connectivity index (χ4v) is 2.53. The minimum absolute atomic E-state index is 0.115. The second kappa shape index (κ2) is 8.40. The summed E-state index contributed by atoms with van der Waals surface area (Å²) in [5.41, 5.74) is 2.58. The van der Waals surface area contributed by atoms with E-state index in [9.17, 15) is 9.18 Å². The van der Waals surface area contributed by atoms with Gasteiger partial charge in [0.05, 0.1) is 5.69 Å². The molecule has 1 amide bonds. The van der Waals surface area contributed by atoms with Gasteiger partial charge in [-0.05, 0) is 43.7 Å². The Labute approximate surface area is 157 Å². The van der Waals surface area contributed by atoms with Crippen molar-refractivity contribution in [1.82, 2.24) is 15.3 Å². The van der Waals surface area contributed by atoms with Crippen LogP contribution in [0.25, 0.3) is 11.3 Å². The Morgan fingerprint density at radius 1 is 1.11 bits per heavy atom. The Kier molecular flexibility index (Phi) is 5.76. The number of halogens is 1. The summed E-state index contributed by atoms with van der Waals surface area (Å²) in [5.74, 6) is 0.125. The number of benzene rings is 2. The highest BCUT2D eigenvalue weighted by Gasteiger charge is 2.09. The number of anilines is 2. The first-order valence-electron chi connectivity index (χ1n) is 8.81. The largest absolute Gasteiger partial charge is 0.350 e. The number of hydrogen-bond acceptors (Lipinski definition) is 4. The van der Waals surface area contributed by atoms with Crippen molar-refractivity contribution in [3.8, 4) is 11.3 Å². The number of rotatable bonds is 6. The second-order valence-corrected chi connectivity index (χ2v) is 6.29. The highest BCUT2D eigenvalue weighted by molar-refractivity contribution is 5.95. The predicted octanol–water partition coefficient (Wildman–Crippen LogP) is 4.55. The van der Waals surface area contributed by atoms with Crippen LogP contribution in [-0.2, 0) is 0 Å². The summed E-state index contributed by atoms with van der Waals surface area (Å²) in [6, 6.07) is 15.3. The van der Waals surface area contributed by atoms with Crippen LogP contribution in [0.5, 0.6) is 0 Å². The lowest BCUT2D eigenvalue weighted by Crippen LogP contribution is -2.31. The Morgan fingerprint density at radius 3 is 2.70 bits per heavy atom. The number of carbonyl (C=O) groups is 1. The molecule has 0 saturated heterocycles. The highest BCUT2D eigenvalue weighted by atomic mass is 19.1. The predicted molar refractivity (Wildman–Crippen MR) is 104 cm³/mol. The van der Waals surface area contributed by atoms with E-state index in [0.29, 0.717) is 22.6 Å². The van der Waals surface area contributed by atoms with E-state index in [1.807, 2.05) is 26.0 Å². The molecule has 27 heavy (non-hydrogen) atoms. The minimum Gasteiger partial charge on any atom is -0.350 e. The molecule has 1 aromatic heterocycles. The summed E-state index contributed by atoms with van der Waals surface area (Å²) >= 11 is 0. The van der Waals surface area contributed by atoms with Gasteiger partial charge in [0.1, 0.15) is 18.0 Å². The number of carbonyl (C=O) groups excluding carboxylic acids is 1. The zero-order chi connectivity index (χ0) is 19.2. The first-order chi connectivity index (χ1) is 13.0. The molecule has 1 heterocycles. The third kappa shape index (κ3) is 4.88. The lowest BCUT2D eigenvalue weighted by molar-refractivity contribution is 0.0939. The molecular formula is C21H21FN4O. The fraction of sp³-hybridized carbons (Fsp3) is 0.190. The molecule has 6 heteroatoms. The zero-order valence-electron chi connectivity index (χ0n) is 15.2. The Bertz CT molecular complexity index is 945. The summed E-state index contributed by atoms with van der Waals surface area (Å²) in [6.07, 6.45) is 2.29. The van der Waals surface area contributed by atoms with Gasteiger partial charge < -0.3 is 10.6 Å². The van der Waals surface area contributed by atoms with Gasteiger partial charge in [-0.2, -0.15) is 0 Å². The topological polar surface area (TPSA) is 66.9 Å². The van der Waals surface area contributed by atoms with E-state index in [4.69, 9.17) is 0 Å². The lowest BCUT2D eigenvalue weighted by Gasteiger charge is -2.12. The molecule has 3 aromatic rings. The van der Waals surface area contributed by atoms with E-state index in [-0.39, 0.29) is 17.8 Å². The van der Waals surface area contributed by atoms with E-state index in [1.165, 1.54) is 18.5 Å². The van der Waals surface area contributed by atoms with Crippen molar-refractivity contribution < 1.29 is 9.18 Å². The standard InChI is InChI=1S/C21H21FN4O/c1-3-14(2)25-21(27)16-7-5-9-18(11-16)26-20-12-19(23-13-24-20)15-6-4-8-17(22)10-15/h4-14H,3H2,1-2H3,(H,25,27)(H,23,24,26). The Hall–Kier alpha value is -3.28. The molecule has 0 radical (unpaired) electrons. The molecule has 1 atom stereocenters. The number of aromatic nitrogens is 2. The highest BCUT2D eigenvalue weighted by Crippen LogP contribution is 2.22. The average molecular weight is 364 g/mol. The molecule has 138 valence electrons. The number of amides is 1. The van der Waals surface area contributed by atoms with E-state index < -0.39 is 0 Å². The van der Waals surface area contributed by atoms with Crippen LogP contribution in [0.2, 0.25) is 0 Å². The summed E-state index contributed by atoms with van der Waals surface area (Å²) in [6.45, 7) is 3.99. The summed E-state index contributed by atoms with van der Waals surface area (Å²) in [7, 11) is 0. The van der Waals surface area contributed by atoms with E-state index in [0.717, 1.165) is 12.1 Å². The number of nitrogens with one attached hydrogen (secondary N) is 2. The summed E-state index contributed by atoms with van der Waals surface area (Å²) < 4.78 is 13.4. The first-order valence-corrected chi connectivity index (χ1v) is 8.81. The van der Waals surface area contributed by atoms with E-state index in [2.05, 4.69) is 20.6 Å². The van der Waals surface area contributed by atoms with Crippen LogP contribution in [0.15, 0.2) is 60.9 Å². The van der Waals surface area contributed by atoms with Crippen molar-refractivity contribution in [2.45, 2.75) is 26.3 Å². The van der Waals surface area contributed by atoms with Crippen LogP contribution in [0.3, 0.4) is 0 Å². The SMILES string of the molecule is CCC(C)NC(=O)c1cccc(Nc2cc(-c3cccc(F)c3)ncn2)c1. The van der Waals surface area contributed by atoms with Crippen LogP contribution in [0.1, 0.15) is 30.6 Å². The van der Waals surface area contributed by atoms with E-state index in [1.54, 1.807) is 30.3 Å². The molecule has 2 aromatic carbocycles. The van der Waals surface area contributed by atoms with Gasteiger partial charge >= 0.3 is 0 Å². The average Bonchev–Trinajstić information content (AvgIpc) is 2.68. The fourth-order valence-electron chi connectivity index (χ4n) is 2.53. The molecule has 0 bridgehead atoms. The molecule has 0 aliphatic carbocycles. The van der Waals surface area contributed by atoms with Crippen molar-refractivity contribution in [2.75, 3.05) is 5.32 Å². The number of hydrogen-bond donors (Lipinski definition) is 2. The van der Waals surface area contributed by atoms with Crippen LogP contribution in [0, 0.1) is 5.82 Å². The van der Waals surface area contributed by atoms with Gasteiger partial charge in [-0.25, -0.2) is 14.4 Å². The minimum atomic E-state index is -0.319. The maximum absolute atomic E-state index is 13.4. The molecule has 5 nitrogen and oxygen atoms in total. The molecule has 0 aliphatic rings. The molecule has 0 saturated carbocycles. The molecule has 0 spiro atoms. The second-order valence-electron chi connectivity index (χ2n) is 6.29. The molecule has 1 unspecified atom stereocenters. The molecule has 3 rings (SSSR count). The lowest BCUT2D eigenvalue weighted by atomic mass is 10.1. The van der Waals surface area contributed by atoms with Gasteiger partial charge in [-0.15, -0.1) is 0 Å². The maximum atomic E-state index is 13.4. The van der Waals surface area contributed by atoms with Crippen LogP contribution in [-0.4, -0.2) is 21.9 Å². The molecule has 2 N–H and O–H groups in total. The zero-order valence-corrected chi connectivity index (χ0v) is 15.2. The quantitative estimate of drug-likeness (QED) is 0.673. The van der Waals surface area contributed by atoms with Crippen molar-refractivity contribution in [2.24, 2.45) is 0 Å². The summed E-state index contributed by atoms with van der Waals surface area (Å²) in [5, 5.41) is 6.11. The monoisotopic (exact) mass is 364 g/mol. The molecule has 0 fully saturated rings. The van der Waals surface area contributed by atoms with Crippen LogP contribution >= 0.6 is 0 Å². The Morgan fingerprint density at radius 2 is 1.93 bits per heavy atom. The molecular weight excluding hydrogens is 343 g/mol. The van der Waals surface area contributed by atoms with Gasteiger partial charge in [0, 0.05) is 28.9 Å². The van der Waals surface area contributed by atoms with Crippen molar-refractivity contribution >= 4 is 17.4 Å². The third-order valence-electron chi connectivity index (χ3n) is 4.17. The normalized spacial score (nSPS) is 11.7. The van der Waals surface area contributed by atoms with E-state index >= 15 is 0 Å². The van der Waals surface area contributed by atoms with Crippen molar-refractivity contribution in [3.63, 3.8) is 0 Å². The van der Waals surface area contributed by atoms with Gasteiger partial charge in [0.15, 0.2) is 0 Å². The van der Waals surface area contributed by atoms with Crippen molar-refractivity contribution in [1.29, 1.82) is 0 Å². The first kappa shape index (κ1) is 18.5. The Balaban J connectivity index is 1.79. The molecule has 0 aliphatic heterocycles. The number of nitrogens with zero attached hydrogens (tertiary/aromatic N) is 2. The van der Waals surface area contributed by atoms with Gasteiger partial charge in [0.2, 0.25) is 0 Å². The van der Waals surface area contributed by atoms with Gasteiger partial charge in [0.25, 0.3) is 5.91 Å². The van der Waals surface area contributed by atoms with Gasteiger partial charge in [-0.1, -0.05) is 25.1 Å².